The Hall–Kier alpha value is -5.26. The average Bonchev–Trinajstić information content (AvgIpc) is 4.06. The van der Waals surface area contributed by atoms with E-state index in [2.05, 4.69) is 68.7 Å². The molecule has 1 aromatic heterocycles. The maximum Gasteiger partial charge on any atom is 0.407 e. The van der Waals surface area contributed by atoms with Crippen molar-refractivity contribution in [2.45, 2.75) is 96.8 Å². The molecule has 2 bridgehead atoms. The van der Waals surface area contributed by atoms with Gasteiger partial charge < -0.3 is 29.6 Å². The molecule has 4 aliphatic rings. The summed E-state index contributed by atoms with van der Waals surface area (Å²) in [5, 5.41) is 2.70. The highest BCUT2D eigenvalue weighted by atomic mass is 16.5. The minimum absolute atomic E-state index is 0.0233. The molecule has 4 heterocycles. The van der Waals surface area contributed by atoms with E-state index in [0.29, 0.717) is 18.9 Å². The fourth-order valence-electron chi connectivity index (χ4n) is 9.17. The van der Waals surface area contributed by atoms with Crippen LogP contribution in [0.15, 0.2) is 65.9 Å². The summed E-state index contributed by atoms with van der Waals surface area (Å²) in [4.78, 5) is 68.7. The van der Waals surface area contributed by atoms with E-state index >= 15 is 0 Å². The summed E-state index contributed by atoms with van der Waals surface area (Å²) < 4.78 is 9.70. The van der Waals surface area contributed by atoms with Gasteiger partial charge in [-0.1, -0.05) is 76.2 Å². The molecule has 0 unspecified atom stereocenters. The Morgan fingerprint density at radius 2 is 1.54 bits per heavy atom. The zero-order chi connectivity index (χ0) is 39.7. The maximum absolute atomic E-state index is 14.0. The standard InChI is InChI=1S/C44H54N6O6/c1-25(2)34(22-38(51)55-5)42(52)50-33-18-17-31(20-33)40(50)35-21-32(23-45-35)29-11-9-27(10-12-29)28-13-15-30(16-14-28)36-24-46-41(47-36)37-8-7-19-49(37)43(53)39(26(3)4)48-44(54)56-6/h9-16,23-26,31,33-34,37,39-40H,7-8,17-22H2,1-6H3,(H,46,47)(H,48,54)/t31-,33+,34-,37-,39-,40+/m0/s1. The Morgan fingerprint density at radius 3 is 2.18 bits per heavy atom. The van der Waals surface area contributed by atoms with Crippen molar-refractivity contribution in [2.24, 2.45) is 28.7 Å². The Labute approximate surface area is 329 Å². The van der Waals surface area contributed by atoms with Crippen LogP contribution in [0.1, 0.15) is 90.1 Å². The molecule has 2 saturated heterocycles. The van der Waals surface area contributed by atoms with Crippen LogP contribution in [-0.4, -0.2) is 88.2 Å². The van der Waals surface area contributed by atoms with Crippen LogP contribution in [0.2, 0.25) is 0 Å². The molecule has 3 amide bonds. The molecule has 296 valence electrons. The zero-order valence-electron chi connectivity index (χ0n) is 33.3. The molecule has 0 spiro atoms. The van der Waals surface area contributed by atoms with Gasteiger partial charge in [0.1, 0.15) is 11.9 Å². The number of methoxy groups -OCH3 is 2. The maximum atomic E-state index is 14.0. The molecule has 12 nitrogen and oxygen atoms in total. The summed E-state index contributed by atoms with van der Waals surface area (Å²) in [7, 11) is 2.67. The SMILES string of the molecule is COC(=O)C[C@H](C(=O)N1[C@@H]2CC[C@@H](C2)[C@@H]1C1=NC=C(c2ccc(-c3ccc(-c4cnc([C@@H]5CCCN5C(=O)[C@@H](NC(=O)OC)C(C)C)[nH]4)cc3)cc2)C1)C(C)C. The van der Waals surface area contributed by atoms with Gasteiger partial charge in [0.05, 0.1) is 50.5 Å². The van der Waals surface area contributed by atoms with Crippen molar-refractivity contribution in [1.29, 1.82) is 0 Å². The Bertz CT molecular complexity index is 2000. The first-order valence-corrected chi connectivity index (χ1v) is 20.0. The first kappa shape index (κ1) is 39.0. The van der Waals surface area contributed by atoms with E-state index in [9.17, 15) is 19.2 Å². The third kappa shape index (κ3) is 7.75. The zero-order valence-corrected chi connectivity index (χ0v) is 33.3. The monoisotopic (exact) mass is 762 g/mol. The minimum Gasteiger partial charge on any atom is -0.469 e. The van der Waals surface area contributed by atoms with Crippen LogP contribution in [0.3, 0.4) is 0 Å². The number of carbonyl (C=O) groups is 4. The van der Waals surface area contributed by atoms with Crippen LogP contribution in [0.4, 0.5) is 4.79 Å². The van der Waals surface area contributed by atoms with Crippen LogP contribution in [0.5, 0.6) is 0 Å². The lowest BCUT2D eigenvalue weighted by molar-refractivity contribution is -0.149. The summed E-state index contributed by atoms with van der Waals surface area (Å²) in [5.74, 6) is 0.243. The molecule has 56 heavy (non-hydrogen) atoms. The number of ether oxygens (including phenoxy) is 2. The van der Waals surface area contributed by atoms with Crippen molar-refractivity contribution in [1.82, 2.24) is 25.1 Å². The van der Waals surface area contributed by atoms with Gasteiger partial charge in [0.2, 0.25) is 11.8 Å². The molecule has 7 rings (SSSR count). The highest BCUT2D eigenvalue weighted by Crippen LogP contribution is 2.46. The van der Waals surface area contributed by atoms with Crippen LogP contribution < -0.4 is 5.32 Å². The summed E-state index contributed by atoms with van der Waals surface area (Å²) >= 11 is 0. The van der Waals surface area contributed by atoms with Gasteiger partial charge in [0.25, 0.3) is 0 Å². The summed E-state index contributed by atoms with van der Waals surface area (Å²) in [6.45, 7) is 8.42. The Kier molecular flexibility index (Phi) is 11.5. The Morgan fingerprint density at radius 1 is 0.857 bits per heavy atom. The number of likely N-dealkylation sites (tertiary alicyclic amines) is 2. The molecule has 2 aromatic carbocycles. The van der Waals surface area contributed by atoms with Crippen molar-refractivity contribution in [3.63, 3.8) is 0 Å². The van der Waals surface area contributed by atoms with Gasteiger partial charge in [-0.15, -0.1) is 0 Å². The third-order valence-electron chi connectivity index (χ3n) is 12.3. The molecule has 1 saturated carbocycles. The number of esters is 1. The first-order valence-electron chi connectivity index (χ1n) is 20.0. The van der Waals surface area contributed by atoms with Crippen molar-refractivity contribution in [3.8, 4) is 22.4 Å². The number of aromatic nitrogens is 2. The lowest BCUT2D eigenvalue weighted by Gasteiger charge is -2.38. The number of rotatable bonds is 12. The third-order valence-corrected chi connectivity index (χ3v) is 12.3. The average molecular weight is 763 g/mol. The van der Waals surface area contributed by atoms with E-state index in [1.54, 1.807) is 0 Å². The number of fused-ring (bicyclic) bond motifs is 2. The molecule has 0 radical (unpaired) electrons. The van der Waals surface area contributed by atoms with Gasteiger partial charge in [-0.2, -0.15) is 0 Å². The number of benzene rings is 2. The highest BCUT2D eigenvalue weighted by Gasteiger charge is 2.52. The molecule has 3 fully saturated rings. The second-order valence-corrected chi connectivity index (χ2v) is 16.4. The molecular weight excluding hydrogens is 709 g/mol. The minimum atomic E-state index is -0.682. The number of nitrogens with zero attached hydrogens (tertiary/aromatic N) is 4. The number of hydrogen-bond acceptors (Lipinski definition) is 8. The quantitative estimate of drug-likeness (QED) is 0.186. The van der Waals surface area contributed by atoms with Crippen molar-refractivity contribution >= 4 is 35.2 Å². The van der Waals surface area contributed by atoms with E-state index in [4.69, 9.17) is 14.5 Å². The Balaban J connectivity index is 0.987. The van der Waals surface area contributed by atoms with Gasteiger partial charge in [-0.3, -0.25) is 19.4 Å². The number of allylic oxidation sites excluding steroid dienone is 1. The summed E-state index contributed by atoms with van der Waals surface area (Å²) in [5.41, 5.74) is 7.35. The number of alkyl carbamates (subject to hydrolysis) is 1. The fraction of sp³-hybridized carbons (Fsp3) is 0.500. The van der Waals surface area contributed by atoms with Gasteiger partial charge in [-0.05, 0) is 77.7 Å². The number of carbonyl (C=O) groups excluding carboxylic acids is 4. The number of H-pyrrole nitrogens is 1. The first-order chi connectivity index (χ1) is 27.0. The van der Waals surface area contributed by atoms with Crippen LogP contribution in [-0.2, 0) is 23.9 Å². The molecule has 3 aliphatic heterocycles. The molecule has 2 N–H and O–H groups in total. The van der Waals surface area contributed by atoms with E-state index in [1.807, 2.05) is 45.0 Å². The second kappa shape index (κ2) is 16.5. The molecule has 12 heteroatoms. The van der Waals surface area contributed by atoms with Gasteiger partial charge in [0.15, 0.2) is 0 Å². The van der Waals surface area contributed by atoms with Crippen molar-refractivity contribution < 1.29 is 28.7 Å². The van der Waals surface area contributed by atoms with E-state index in [0.717, 1.165) is 77.2 Å². The number of imidazole rings is 1. The predicted octanol–water partition coefficient (Wildman–Crippen LogP) is 7.19. The number of piperidine rings is 1. The smallest absolute Gasteiger partial charge is 0.407 e. The number of amides is 3. The number of aromatic amines is 1. The summed E-state index contributed by atoms with van der Waals surface area (Å²) in [6, 6.07) is 16.2. The van der Waals surface area contributed by atoms with Crippen LogP contribution in [0.25, 0.3) is 28.0 Å². The molecule has 3 aromatic rings. The molecule has 6 atom stereocenters. The topological polar surface area (TPSA) is 146 Å². The normalized spacial score (nSPS) is 22.6. The fourth-order valence-corrected chi connectivity index (χ4v) is 9.17. The van der Waals surface area contributed by atoms with E-state index in [1.165, 1.54) is 14.2 Å². The summed E-state index contributed by atoms with van der Waals surface area (Å²) in [6.07, 6.45) is 8.72. The van der Waals surface area contributed by atoms with Crippen molar-refractivity contribution in [3.05, 3.63) is 72.3 Å². The van der Waals surface area contributed by atoms with Crippen LogP contribution >= 0.6 is 0 Å². The largest absolute Gasteiger partial charge is 0.469 e. The van der Waals surface area contributed by atoms with Gasteiger partial charge >= 0.3 is 12.1 Å². The van der Waals surface area contributed by atoms with Crippen molar-refractivity contribution in [2.75, 3.05) is 20.8 Å². The van der Waals surface area contributed by atoms with E-state index in [-0.39, 0.29) is 54.2 Å². The second-order valence-electron chi connectivity index (χ2n) is 16.4. The van der Waals surface area contributed by atoms with E-state index < -0.39 is 18.1 Å². The lowest BCUT2D eigenvalue weighted by atomic mass is 9.87. The number of nitrogens with one attached hydrogen (secondary N) is 2. The molecular formula is C44H54N6O6. The lowest BCUT2D eigenvalue weighted by Crippen LogP contribution is -2.52. The molecule has 1 aliphatic carbocycles. The van der Waals surface area contributed by atoms with Gasteiger partial charge in [0, 0.05) is 30.9 Å². The predicted molar refractivity (Wildman–Crippen MR) is 214 cm³/mol. The van der Waals surface area contributed by atoms with Gasteiger partial charge in [-0.25, -0.2) is 9.78 Å². The number of aliphatic imine (C=N–C) groups is 1. The number of hydrogen-bond donors (Lipinski definition) is 2. The van der Waals surface area contributed by atoms with Crippen LogP contribution in [0, 0.1) is 23.7 Å². The highest BCUT2D eigenvalue weighted by molar-refractivity contribution is 6.04.